The maximum absolute atomic E-state index is 12.2. The van der Waals surface area contributed by atoms with Gasteiger partial charge in [0.15, 0.2) is 0 Å². The van der Waals surface area contributed by atoms with Crippen LogP contribution in [0.25, 0.3) is 0 Å². The van der Waals surface area contributed by atoms with E-state index < -0.39 is 17.5 Å². The smallest absolute Gasteiger partial charge is 0.323 e. The second kappa shape index (κ2) is 6.96. The molecule has 0 heterocycles. The highest BCUT2D eigenvalue weighted by Gasteiger charge is 2.30. The van der Waals surface area contributed by atoms with E-state index in [1.54, 1.807) is 27.8 Å². The van der Waals surface area contributed by atoms with Crippen LogP contribution in [0.5, 0.6) is 0 Å². The molecular weight excluding hydrogens is 250 g/mol. The third-order valence-electron chi connectivity index (χ3n) is 2.61. The molecule has 0 aliphatic carbocycles. The van der Waals surface area contributed by atoms with Crippen molar-refractivity contribution in [2.45, 2.75) is 32.7 Å². The molecule has 0 aliphatic heterocycles. The highest BCUT2D eigenvalue weighted by Crippen LogP contribution is 2.15. The molecule has 2 N–H and O–H groups in total. The quantitative estimate of drug-likeness (QED) is 0.756. The fourth-order valence-electron chi connectivity index (χ4n) is 1.42. The van der Waals surface area contributed by atoms with Crippen LogP contribution in [-0.2, 0) is 9.59 Å². The summed E-state index contributed by atoms with van der Waals surface area (Å²) in [7, 11) is 3.07. The van der Waals surface area contributed by atoms with E-state index >= 15 is 0 Å². The fraction of sp³-hybridized carbons (Fsp3) is 0.750. The Balaban J connectivity index is 4.71. The first-order chi connectivity index (χ1) is 8.59. The van der Waals surface area contributed by atoms with Crippen LogP contribution in [0.3, 0.4) is 0 Å². The lowest BCUT2D eigenvalue weighted by atomic mass is 10.1. The molecular formula is C12H23N3O4. The molecule has 0 radical (unpaired) electrons. The zero-order valence-electron chi connectivity index (χ0n) is 12.2. The minimum Gasteiger partial charge on any atom is -0.480 e. The van der Waals surface area contributed by atoms with Gasteiger partial charge in [-0.15, -0.1) is 0 Å². The van der Waals surface area contributed by atoms with Crippen LogP contribution in [0.15, 0.2) is 0 Å². The van der Waals surface area contributed by atoms with Gasteiger partial charge in [0.25, 0.3) is 0 Å². The Morgan fingerprint density at radius 2 is 1.74 bits per heavy atom. The number of amides is 3. The number of hydrogen-bond donors (Lipinski definition) is 2. The molecule has 7 heteroatoms. The molecule has 7 nitrogen and oxygen atoms in total. The van der Waals surface area contributed by atoms with Crippen molar-refractivity contribution in [1.29, 1.82) is 0 Å². The van der Waals surface area contributed by atoms with E-state index in [4.69, 9.17) is 5.11 Å². The van der Waals surface area contributed by atoms with E-state index in [1.165, 1.54) is 16.8 Å². The molecule has 3 amide bonds. The Bertz CT molecular complexity index is 349. The van der Waals surface area contributed by atoms with Gasteiger partial charge in [0.05, 0.1) is 0 Å². The standard InChI is InChI=1S/C12H23N3O4/c1-12(2,3)15(8-10(17)18)11(19)14(5)7-6-9(16)13-4/h6-8H2,1-5H3,(H,13,16)(H,17,18). The summed E-state index contributed by atoms with van der Waals surface area (Å²) >= 11 is 0. The number of aliphatic carboxylic acids is 1. The van der Waals surface area contributed by atoms with Gasteiger partial charge in [0.1, 0.15) is 6.54 Å². The van der Waals surface area contributed by atoms with Crippen molar-refractivity contribution in [3.8, 4) is 0 Å². The average Bonchev–Trinajstić information content (AvgIpc) is 2.29. The lowest BCUT2D eigenvalue weighted by Crippen LogP contribution is -2.53. The molecule has 0 atom stereocenters. The van der Waals surface area contributed by atoms with E-state index in [2.05, 4.69) is 5.32 Å². The maximum Gasteiger partial charge on any atom is 0.323 e. The molecule has 19 heavy (non-hydrogen) atoms. The van der Waals surface area contributed by atoms with Crippen LogP contribution < -0.4 is 5.32 Å². The molecule has 0 saturated heterocycles. The van der Waals surface area contributed by atoms with Crippen LogP contribution in [-0.4, -0.2) is 65.5 Å². The van der Waals surface area contributed by atoms with Crippen molar-refractivity contribution in [2.75, 3.05) is 27.2 Å². The van der Waals surface area contributed by atoms with Crippen molar-refractivity contribution in [3.05, 3.63) is 0 Å². The Hall–Kier alpha value is -1.79. The van der Waals surface area contributed by atoms with Gasteiger partial charge in [-0.25, -0.2) is 4.79 Å². The zero-order valence-corrected chi connectivity index (χ0v) is 12.2. The largest absolute Gasteiger partial charge is 0.480 e. The molecule has 0 fully saturated rings. The number of nitrogens with zero attached hydrogens (tertiary/aromatic N) is 2. The highest BCUT2D eigenvalue weighted by atomic mass is 16.4. The van der Waals surface area contributed by atoms with Gasteiger partial charge in [-0.05, 0) is 20.8 Å². The number of rotatable bonds is 5. The Morgan fingerprint density at radius 3 is 2.11 bits per heavy atom. The summed E-state index contributed by atoms with van der Waals surface area (Å²) in [4.78, 5) is 36.7. The summed E-state index contributed by atoms with van der Waals surface area (Å²) in [6.45, 7) is 5.17. The minimum absolute atomic E-state index is 0.166. The van der Waals surface area contributed by atoms with Gasteiger partial charge in [-0.2, -0.15) is 0 Å². The van der Waals surface area contributed by atoms with Crippen molar-refractivity contribution >= 4 is 17.9 Å². The van der Waals surface area contributed by atoms with E-state index in [0.29, 0.717) is 0 Å². The van der Waals surface area contributed by atoms with Gasteiger partial charge in [-0.1, -0.05) is 0 Å². The van der Waals surface area contributed by atoms with Gasteiger partial charge in [0.2, 0.25) is 5.91 Å². The number of carbonyl (C=O) groups is 3. The first kappa shape index (κ1) is 17.2. The van der Waals surface area contributed by atoms with Crippen molar-refractivity contribution < 1.29 is 19.5 Å². The molecule has 110 valence electrons. The second-order valence-electron chi connectivity index (χ2n) is 5.28. The van der Waals surface area contributed by atoms with Crippen LogP contribution in [0, 0.1) is 0 Å². The third kappa shape index (κ3) is 6.08. The van der Waals surface area contributed by atoms with Gasteiger partial charge in [-0.3, -0.25) is 9.59 Å². The number of carbonyl (C=O) groups excluding carboxylic acids is 2. The van der Waals surface area contributed by atoms with Crippen LogP contribution >= 0.6 is 0 Å². The van der Waals surface area contributed by atoms with Crippen LogP contribution in [0.1, 0.15) is 27.2 Å². The van der Waals surface area contributed by atoms with E-state index in [-0.39, 0.29) is 25.4 Å². The Morgan fingerprint density at radius 1 is 1.21 bits per heavy atom. The lowest BCUT2D eigenvalue weighted by Gasteiger charge is -2.37. The molecule has 0 spiro atoms. The van der Waals surface area contributed by atoms with Crippen molar-refractivity contribution in [2.24, 2.45) is 0 Å². The van der Waals surface area contributed by atoms with Gasteiger partial charge in [0, 0.05) is 32.6 Å². The summed E-state index contributed by atoms with van der Waals surface area (Å²) in [5.41, 5.74) is -0.600. The summed E-state index contributed by atoms with van der Waals surface area (Å²) in [6.07, 6.45) is 0.184. The Kier molecular flexibility index (Phi) is 6.31. The normalized spacial score (nSPS) is 10.8. The van der Waals surface area contributed by atoms with Crippen LogP contribution in [0.2, 0.25) is 0 Å². The summed E-state index contributed by atoms with van der Waals surface area (Å²) in [5, 5.41) is 11.3. The average molecular weight is 273 g/mol. The van der Waals surface area contributed by atoms with Gasteiger partial charge >= 0.3 is 12.0 Å². The zero-order chi connectivity index (χ0) is 15.2. The molecule has 0 aromatic carbocycles. The molecule has 0 rings (SSSR count). The second-order valence-corrected chi connectivity index (χ2v) is 5.28. The first-order valence-electron chi connectivity index (χ1n) is 6.04. The minimum atomic E-state index is -1.07. The Labute approximate surface area is 113 Å². The first-order valence-corrected chi connectivity index (χ1v) is 6.04. The number of carboxylic acids is 1. The number of urea groups is 1. The van der Waals surface area contributed by atoms with Crippen LogP contribution in [0.4, 0.5) is 4.79 Å². The number of carboxylic acid groups (broad SMARTS) is 1. The number of hydrogen-bond acceptors (Lipinski definition) is 3. The van der Waals surface area contributed by atoms with E-state index in [9.17, 15) is 14.4 Å². The predicted octanol–water partition coefficient (Wildman–Crippen LogP) is 0.359. The van der Waals surface area contributed by atoms with Gasteiger partial charge < -0.3 is 20.2 Å². The molecule has 0 saturated carbocycles. The molecule has 0 unspecified atom stereocenters. The van der Waals surface area contributed by atoms with Crippen molar-refractivity contribution in [1.82, 2.24) is 15.1 Å². The fourth-order valence-corrected chi connectivity index (χ4v) is 1.42. The molecule has 0 aliphatic rings. The lowest BCUT2D eigenvalue weighted by molar-refractivity contribution is -0.138. The predicted molar refractivity (Wildman–Crippen MR) is 70.8 cm³/mol. The summed E-state index contributed by atoms with van der Waals surface area (Å²) in [5.74, 6) is -1.23. The van der Waals surface area contributed by atoms with Crippen molar-refractivity contribution in [3.63, 3.8) is 0 Å². The molecule has 0 aromatic heterocycles. The molecule has 0 bridgehead atoms. The van der Waals surface area contributed by atoms with E-state index in [1.807, 2.05) is 0 Å². The highest BCUT2D eigenvalue weighted by molar-refractivity contribution is 5.81. The topological polar surface area (TPSA) is 90.0 Å². The molecule has 0 aromatic rings. The third-order valence-corrected chi connectivity index (χ3v) is 2.61. The van der Waals surface area contributed by atoms with E-state index in [0.717, 1.165) is 0 Å². The maximum atomic E-state index is 12.2. The monoisotopic (exact) mass is 273 g/mol. The number of nitrogens with one attached hydrogen (secondary N) is 1. The summed E-state index contributed by atoms with van der Waals surface area (Å²) < 4.78 is 0. The SMILES string of the molecule is CNC(=O)CCN(C)C(=O)N(CC(=O)O)C(C)(C)C. The summed E-state index contributed by atoms with van der Waals surface area (Å²) in [6, 6.07) is -0.404.